The third-order valence-corrected chi connectivity index (χ3v) is 5.54. The first kappa shape index (κ1) is 21.0. The van der Waals surface area contributed by atoms with Crippen LogP contribution in [0.15, 0.2) is 30.3 Å². The van der Waals surface area contributed by atoms with Crippen LogP contribution in [0.4, 0.5) is 0 Å². The Morgan fingerprint density at radius 1 is 1.13 bits per heavy atom. The number of amides is 3. The number of rotatable bonds is 5. The van der Waals surface area contributed by atoms with Crippen molar-refractivity contribution in [2.75, 3.05) is 39.4 Å². The predicted molar refractivity (Wildman–Crippen MR) is 112 cm³/mol. The third-order valence-electron chi connectivity index (χ3n) is 5.54. The largest absolute Gasteiger partial charge is 0.378 e. The zero-order valence-corrected chi connectivity index (χ0v) is 17.7. The monoisotopic (exact) mass is 425 g/mol. The maximum absolute atomic E-state index is 13.1. The highest BCUT2D eigenvalue weighted by Crippen LogP contribution is 2.17. The molecule has 1 saturated heterocycles. The Kier molecular flexibility index (Phi) is 6.31. The van der Waals surface area contributed by atoms with Crippen molar-refractivity contribution in [2.45, 2.75) is 26.4 Å². The van der Waals surface area contributed by atoms with Gasteiger partial charge >= 0.3 is 0 Å². The van der Waals surface area contributed by atoms with Gasteiger partial charge in [-0.1, -0.05) is 29.8 Å². The van der Waals surface area contributed by atoms with Gasteiger partial charge in [-0.2, -0.15) is 5.10 Å². The zero-order valence-electron chi connectivity index (χ0n) is 17.7. The van der Waals surface area contributed by atoms with Gasteiger partial charge in [0, 0.05) is 38.8 Å². The molecular formula is C22H27N5O4. The number of fused-ring (bicyclic) bond motifs is 1. The van der Waals surface area contributed by atoms with Crippen LogP contribution in [0.25, 0.3) is 0 Å². The Bertz CT molecular complexity index is 980. The molecule has 1 aromatic heterocycles. The van der Waals surface area contributed by atoms with Crippen molar-refractivity contribution < 1.29 is 19.1 Å². The van der Waals surface area contributed by atoms with Crippen molar-refractivity contribution in [1.29, 1.82) is 0 Å². The molecule has 0 bridgehead atoms. The van der Waals surface area contributed by atoms with E-state index in [0.29, 0.717) is 51.6 Å². The molecular weight excluding hydrogens is 398 g/mol. The number of hydrogen-bond donors (Lipinski definition) is 1. The van der Waals surface area contributed by atoms with Gasteiger partial charge in [-0.25, -0.2) is 0 Å². The van der Waals surface area contributed by atoms with Gasteiger partial charge < -0.3 is 19.9 Å². The molecule has 2 aliphatic rings. The Morgan fingerprint density at radius 3 is 2.71 bits per heavy atom. The molecule has 1 fully saturated rings. The first-order valence-electron chi connectivity index (χ1n) is 10.6. The molecule has 2 aromatic rings. The van der Waals surface area contributed by atoms with Crippen molar-refractivity contribution in [3.8, 4) is 0 Å². The molecule has 0 saturated carbocycles. The highest BCUT2D eigenvalue weighted by molar-refractivity contribution is 5.99. The van der Waals surface area contributed by atoms with Crippen LogP contribution in [0.5, 0.6) is 0 Å². The standard InChI is InChI=1S/C22H27N5O4/c1-16-4-2-5-17(12-16)15-26-6-3-7-27-19(22(26)30)13-18(24-27)21(29)23-14-20(28)25-8-10-31-11-9-25/h2,4-5,12-13H,3,6-11,14-15H2,1H3,(H,23,29). The second-order valence-electron chi connectivity index (χ2n) is 7.88. The van der Waals surface area contributed by atoms with Crippen LogP contribution in [0.3, 0.4) is 0 Å². The molecule has 31 heavy (non-hydrogen) atoms. The predicted octanol–water partition coefficient (Wildman–Crippen LogP) is 0.826. The summed E-state index contributed by atoms with van der Waals surface area (Å²) in [5, 5.41) is 6.94. The first-order valence-corrected chi connectivity index (χ1v) is 10.6. The van der Waals surface area contributed by atoms with E-state index >= 15 is 0 Å². The van der Waals surface area contributed by atoms with Crippen LogP contribution in [-0.4, -0.2) is 76.7 Å². The van der Waals surface area contributed by atoms with E-state index in [4.69, 9.17) is 4.74 Å². The average molecular weight is 425 g/mol. The number of benzene rings is 1. The number of nitrogens with zero attached hydrogens (tertiary/aromatic N) is 4. The normalized spacial score (nSPS) is 16.6. The van der Waals surface area contributed by atoms with Gasteiger partial charge in [-0.15, -0.1) is 0 Å². The van der Waals surface area contributed by atoms with Crippen molar-refractivity contribution >= 4 is 17.7 Å². The van der Waals surface area contributed by atoms with E-state index in [1.807, 2.05) is 25.1 Å². The summed E-state index contributed by atoms with van der Waals surface area (Å²) < 4.78 is 6.83. The molecule has 0 atom stereocenters. The zero-order chi connectivity index (χ0) is 21.8. The summed E-state index contributed by atoms with van der Waals surface area (Å²) in [6, 6.07) is 9.60. The van der Waals surface area contributed by atoms with Gasteiger partial charge in [-0.3, -0.25) is 19.1 Å². The van der Waals surface area contributed by atoms with Crippen LogP contribution in [-0.2, 0) is 22.6 Å². The van der Waals surface area contributed by atoms with E-state index in [-0.39, 0.29) is 24.1 Å². The summed E-state index contributed by atoms with van der Waals surface area (Å²) in [7, 11) is 0. The first-order chi connectivity index (χ1) is 15.0. The number of morpholine rings is 1. The van der Waals surface area contributed by atoms with Crippen molar-refractivity contribution in [2.24, 2.45) is 0 Å². The maximum Gasteiger partial charge on any atom is 0.272 e. The lowest BCUT2D eigenvalue weighted by Crippen LogP contribution is -2.45. The van der Waals surface area contributed by atoms with E-state index in [1.54, 1.807) is 14.5 Å². The van der Waals surface area contributed by atoms with Gasteiger partial charge in [0.2, 0.25) is 5.91 Å². The minimum Gasteiger partial charge on any atom is -0.378 e. The van der Waals surface area contributed by atoms with E-state index in [1.165, 1.54) is 6.07 Å². The highest BCUT2D eigenvalue weighted by atomic mass is 16.5. The van der Waals surface area contributed by atoms with Crippen LogP contribution < -0.4 is 5.32 Å². The fraction of sp³-hybridized carbons (Fsp3) is 0.455. The Labute approximate surface area is 180 Å². The summed E-state index contributed by atoms with van der Waals surface area (Å²) in [5.74, 6) is -0.756. The number of aryl methyl sites for hydroxylation is 2. The number of aromatic nitrogens is 2. The van der Waals surface area contributed by atoms with Crippen molar-refractivity contribution in [1.82, 2.24) is 24.9 Å². The van der Waals surface area contributed by atoms with Crippen molar-refractivity contribution in [3.63, 3.8) is 0 Å². The lowest BCUT2D eigenvalue weighted by molar-refractivity contribution is -0.134. The smallest absolute Gasteiger partial charge is 0.272 e. The molecule has 3 heterocycles. The Balaban J connectivity index is 1.41. The number of carbonyl (C=O) groups excluding carboxylic acids is 3. The average Bonchev–Trinajstić information content (AvgIpc) is 3.15. The summed E-state index contributed by atoms with van der Waals surface area (Å²) >= 11 is 0. The summed E-state index contributed by atoms with van der Waals surface area (Å²) in [5.41, 5.74) is 2.77. The topological polar surface area (TPSA) is 96.8 Å². The molecule has 3 amide bonds. The lowest BCUT2D eigenvalue weighted by Gasteiger charge is -2.26. The number of hydrogen-bond acceptors (Lipinski definition) is 5. The molecule has 9 nitrogen and oxygen atoms in total. The van der Waals surface area contributed by atoms with Crippen molar-refractivity contribution in [3.05, 3.63) is 52.8 Å². The van der Waals surface area contributed by atoms with Crippen LogP contribution in [0, 0.1) is 6.92 Å². The molecule has 4 rings (SSSR count). The summed E-state index contributed by atoms with van der Waals surface area (Å²) in [4.78, 5) is 41.3. The number of ether oxygens (including phenoxy) is 1. The Morgan fingerprint density at radius 2 is 1.94 bits per heavy atom. The summed E-state index contributed by atoms with van der Waals surface area (Å²) in [6.07, 6.45) is 0.753. The van der Waals surface area contributed by atoms with E-state index in [9.17, 15) is 14.4 Å². The van der Waals surface area contributed by atoms with E-state index in [0.717, 1.165) is 17.5 Å². The van der Waals surface area contributed by atoms with Gasteiger partial charge in [-0.05, 0) is 18.9 Å². The molecule has 9 heteroatoms. The van der Waals surface area contributed by atoms with Crippen LogP contribution >= 0.6 is 0 Å². The third kappa shape index (κ3) is 4.93. The molecule has 2 aliphatic heterocycles. The SMILES string of the molecule is Cc1cccc(CN2CCCn3nc(C(=O)NCC(=O)N4CCOCC4)cc3C2=O)c1. The number of nitrogens with one attached hydrogen (secondary N) is 1. The molecule has 0 unspecified atom stereocenters. The molecule has 0 radical (unpaired) electrons. The van der Waals surface area contributed by atoms with Gasteiger partial charge in [0.05, 0.1) is 19.8 Å². The van der Waals surface area contributed by atoms with Gasteiger partial charge in [0.15, 0.2) is 5.69 Å². The quantitative estimate of drug-likeness (QED) is 0.765. The lowest BCUT2D eigenvalue weighted by atomic mass is 10.1. The molecule has 1 aromatic carbocycles. The number of carbonyl (C=O) groups is 3. The van der Waals surface area contributed by atoms with E-state index < -0.39 is 5.91 Å². The Hall–Kier alpha value is -3.20. The minimum atomic E-state index is -0.458. The van der Waals surface area contributed by atoms with E-state index in [2.05, 4.69) is 16.5 Å². The highest BCUT2D eigenvalue weighted by Gasteiger charge is 2.27. The molecule has 0 spiro atoms. The maximum atomic E-state index is 13.1. The molecule has 1 N–H and O–H groups in total. The van der Waals surface area contributed by atoms with Crippen LogP contribution in [0.2, 0.25) is 0 Å². The van der Waals surface area contributed by atoms with Gasteiger partial charge in [0.25, 0.3) is 11.8 Å². The fourth-order valence-electron chi connectivity index (χ4n) is 3.90. The summed E-state index contributed by atoms with van der Waals surface area (Å²) in [6.45, 7) is 5.70. The fourth-order valence-corrected chi connectivity index (χ4v) is 3.90. The minimum absolute atomic E-state index is 0.103. The van der Waals surface area contributed by atoms with Crippen LogP contribution in [0.1, 0.15) is 38.5 Å². The molecule has 164 valence electrons. The van der Waals surface area contributed by atoms with Gasteiger partial charge in [0.1, 0.15) is 5.69 Å². The second kappa shape index (κ2) is 9.30. The molecule has 0 aliphatic carbocycles. The second-order valence-corrected chi connectivity index (χ2v) is 7.88.